The molecule has 1 N–H and O–H groups in total. The lowest BCUT2D eigenvalue weighted by Gasteiger charge is -2.21. The van der Waals surface area contributed by atoms with Crippen molar-refractivity contribution < 1.29 is 4.39 Å². The summed E-state index contributed by atoms with van der Waals surface area (Å²) in [6.45, 7) is 7.44. The Morgan fingerprint density at radius 2 is 2.21 bits per heavy atom. The zero-order valence-corrected chi connectivity index (χ0v) is 12.9. The van der Waals surface area contributed by atoms with E-state index in [1.807, 2.05) is 0 Å². The molecule has 1 heterocycles. The Morgan fingerprint density at radius 1 is 1.47 bits per heavy atom. The van der Waals surface area contributed by atoms with E-state index in [4.69, 9.17) is 11.6 Å². The molecule has 0 bridgehead atoms. The van der Waals surface area contributed by atoms with Crippen molar-refractivity contribution in [1.29, 1.82) is 0 Å². The van der Waals surface area contributed by atoms with Gasteiger partial charge in [-0.2, -0.15) is 0 Å². The van der Waals surface area contributed by atoms with Crippen LogP contribution in [0.25, 0.3) is 0 Å². The summed E-state index contributed by atoms with van der Waals surface area (Å²) < 4.78 is 13.8. The molecule has 2 nitrogen and oxygen atoms in total. The van der Waals surface area contributed by atoms with Gasteiger partial charge in [-0.3, -0.25) is 4.99 Å². The van der Waals surface area contributed by atoms with Crippen molar-refractivity contribution in [3.05, 3.63) is 29.0 Å². The molecule has 1 aromatic carbocycles. The number of halogens is 2. The summed E-state index contributed by atoms with van der Waals surface area (Å²) in [6, 6.07) is 4.93. The summed E-state index contributed by atoms with van der Waals surface area (Å²) in [5.41, 5.74) is 0.666. The number of hydrogen-bond acceptors (Lipinski definition) is 3. The van der Waals surface area contributed by atoms with E-state index in [0.717, 1.165) is 18.1 Å². The zero-order valence-electron chi connectivity index (χ0n) is 11.3. The van der Waals surface area contributed by atoms with Crippen LogP contribution in [-0.4, -0.2) is 17.0 Å². The minimum atomic E-state index is -0.424. The van der Waals surface area contributed by atoms with Gasteiger partial charge in [-0.25, -0.2) is 4.39 Å². The fourth-order valence-electron chi connectivity index (χ4n) is 1.99. The van der Waals surface area contributed by atoms with Gasteiger partial charge in [-0.05, 0) is 24.0 Å². The fraction of sp³-hybridized carbons (Fsp3) is 0.500. The van der Waals surface area contributed by atoms with Crippen molar-refractivity contribution in [2.75, 3.05) is 11.9 Å². The van der Waals surface area contributed by atoms with Gasteiger partial charge in [0.15, 0.2) is 11.0 Å². The molecule has 0 fully saturated rings. The highest BCUT2D eigenvalue weighted by Gasteiger charge is 2.25. The summed E-state index contributed by atoms with van der Waals surface area (Å²) in [5, 5.41) is 4.38. The molecule has 104 valence electrons. The van der Waals surface area contributed by atoms with Crippen molar-refractivity contribution in [3.8, 4) is 0 Å². The number of nitrogens with one attached hydrogen (secondary N) is 1. The molecule has 1 aromatic rings. The van der Waals surface area contributed by atoms with E-state index in [1.54, 1.807) is 23.9 Å². The van der Waals surface area contributed by atoms with Crippen molar-refractivity contribution in [2.24, 2.45) is 10.4 Å². The topological polar surface area (TPSA) is 24.4 Å². The quantitative estimate of drug-likeness (QED) is 0.848. The van der Waals surface area contributed by atoms with Crippen LogP contribution in [-0.2, 0) is 0 Å². The molecule has 0 radical (unpaired) electrons. The van der Waals surface area contributed by atoms with Crippen LogP contribution in [0.15, 0.2) is 23.2 Å². The van der Waals surface area contributed by atoms with E-state index < -0.39 is 5.82 Å². The number of aliphatic imine (C=N–C) groups is 1. The second-order valence-corrected chi connectivity index (χ2v) is 7.57. The second-order valence-electron chi connectivity index (χ2n) is 5.88. The molecular formula is C14H18ClFN2S. The predicted molar refractivity (Wildman–Crippen MR) is 82.8 cm³/mol. The lowest BCUT2D eigenvalue weighted by Crippen LogP contribution is -2.16. The van der Waals surface area contributed by atoms with E-state index in [-0.39, 0.29) is 10.4 Å². The molecule has 0 saturated carbocycles. The van der Waals surface area contributed by atoms with Crippen LogP contribution in [0, 0.1) is 11.2 Å². The lowest BCUT2D eigenvalue weighted by molar-refractivity contribution is 0.375. The second kappa shape index (κ2) is 5.71. The molecule has 0 amide bonds. The first kappa shape index (κ1) is 14.7. The Labute approximate surface area is 122 Å². The van der Waals surface area contributed by atoms with Gasteiger partial charge >= 0.3 is 0 Å². The minimum absolute atomic E-state index is 0.125. The minimum Gasteiger partial charge on any atom is -0.333 e. The summed E-state index contributed by atoms with van der Waals surface area (Å²) in [7, 11) is 0. The molecular weight excluding hydrogens is 283 g/mol. The molecule has 1 atom stereocenters. The van der Waals surface area contributed by atoms with Crippen molar-refractivity contribution in [1.82, 2.24) is 0 Å². The largest absolute Gasteiger partial charge is 0.333 e. The SMILES string of the molecule is CC(C)(C)CC1CN=C(Nc2cccc(Cl)c2F)S1. The Kier molecular flexibility index (Phi) is 4.41. The predicted octanol–water partition coefficient (Wildman–Crippen LogP) is 4.80. The summed E-state index contributed by atoms with van der Waals surface area (Å²) in [5.74, 6) is -0.424. The van der Waals surface area contributed by atoms with Crippen LogP contribution in [0.4, 0.5) is 10.1 Å². The maximum atomic E-state index is 13.8. The van der Waals surface area contributed by atoms with Crippen LogP contribution < -0.4 is 5.32 Å². The molecule has 5 heteroatoms. The van der Waals surface area contributed by atoms with Crippen LogP contribution >= 0.6 is 23.4 Å². The number of thioether (sulfide) groups is 1. The smallest absolute Gasteiger partial charge is 0.165 e. The summed E-state index contributed by atoms with van der Waals surface area (Å²) in [6.07, 6.45) is 1.09. The molecule has 19 heavy (non-hydrogen) atoms. The third-order valence-electron chi connectivity index (χ3n) is 2.75. The van der Waals surface area contributed by atoms with Gasteiger partial charge in [0.25, 0.3) is 0 Å². The van der Waals surface area contributed by atoms with Crippen LogP contribution in [0.3, 0.4) is 0 Å². The van der Waals surface area contributed by atoms with Crippen LogP contribution in [0.2, 0.25) is 5.02 Å². The third-order valence-corrected chi connectivity index (χ3v) is 4.15. The molecule has 0 saturated heterocycles. The lowest BCUT2D eigenvalue weighted by atomic mass is 9.90. The maximum Gasteiger partial charge on any atom is 0.165 e. The van der Waals surface area contributed by atoms with Gasteiger partial charge in [0.1, 0.15) is 0 Å². The first-order valence-corrected chi connectivity index (χ1v) is 7.53. The van der Waals surface area contributed by atoms with E-state index in [0.29, 0.717) is 10.9 Å². The zero-order chi connectivity index (χ0) is 14.0. The average Bonchev–Trinajstić information content (AvgIpc) is 2.70. The van der Waals surface area contributed by atoms with E-state index in [9.17, 15) is 4.39 Å². The number of amidine groups is 1. The molecule has 0 spiro atoms. The number of rotatable bonds is 2. The molecule has 0 aliphatic carbocycles. The molecule has 2 rings (SSSR count). The van der Waals surface area contributed by atoms with E-state index >= 15 is 0 Å². The van der Waals surface area contributed by atoms with Crippen LogP contribution in [0.1, 0.15) is 27.2 Å². The third kappa shape index (κ3) is 4.11. The molecule has 1 unspecified atom stereocenters. The van der Waals surface area contributed by atoms with E-state index in [2.05, 4.69) is 31.1 Å². The Bertz CT molecular complexity index is 497. The number of nitrogens with zero attached hydrogens (tertiary/aromatic N) is 1. The van der Waals surface area contributed by atoms with Gasteiger partial charge in [-0.15, -0.1) is 0 Å². The number of hydrogen-bond donors (Lipinski definition) is 1. The molecule has 1 aliphatic heterocycles. The Balaban J connectivity index is 1.97. The van der Waals surface area contributed by atoms with Gasteiger partial charge in [0.2, 0.25) is 0 Å². The van der Waals surface area contributed by atoms with Gasteiger partial charge < -0.3 is 5.32 Å². The maximum absolute atomic E-state index is 13.8. The van der Waals surface area contributed by atoms with Gasteiger partial charge in [-0.1, -0.05) is 50.2 Å². The van der Waals surface area contributed by atoms with Crippen molar-refractivity contribution in [3.63, 3.8) is 0 Å². The monoisotopic (exact) mass is 300 g/mol. The number of benzene rings is 1. The molecule has 0 aromatic heterocycles. The normalized spacial score (nSPS) is 19.4. The highest BCUT2D eigenvalue weighted by atomic mass is 35.5. The van der Waals surface area contributed by atoms with Gasteiger partial charge in [0.05, 0.1) is 17.3 Å². The van der Waals surface area contributed by atoms with Crippen molar-refractivity contribution >= 4 is 34.2 Å². The van der Waals surface area contributed by atoms with E-state index in [1.165, 1.54) is 6.07 Å². The summed E-state index contributed by atoms with van der Waals surface area (Å²) in [4.78, 5) is 4.43. The summed E-state index contributed by atoms with van der Waals surface area (Å²) >= 11 is 7.43. The Morgan fingerprint density at radius 3 is 2.89 bits per heavy atom. The van der Waals surface area contributed by atoms with Gasteiger partial charge in [0, 0.05) is 5.25 Å². The average molecular weight is 301 g/mol. The fourth-order valence-corrected chi connectivity index (χ4v) is 3.53. The number of anilines is 1. The molecule has 1 aliphatic rings. The first-order valence-electron chi connectivity index (χ1n) is 6.27. The standard InChI is InChI=1S/C14H18ClFN2S/c1-14(2,3)7-9-8-17-13(19-9)18-11-6-4-5-10(15)12(11)16/h4-6,9H,7-8H2,1-3H3,(H,17,18). The van der Waals surface area contributed by atoms with Crippen molar-refractivity contribution in [2.45, 2.75) is 32.4 Å². The Hall–Kier alpha value is -0.740. The highest BCUT2D eigenvalue weighted by Crippen LogP contribution is 2.33. The highest BCUT2D eigenvalue weighted by molar-refractivity contribution is 8.15. The van der Waals surface area contributed by atoms with Crippen LogP contribution in [0.5, 0.6) is 0 Å². The first-order chi connectivity index (χ1) is 8.85.